The Morgan fingerprint density at radius 1 is 1.35 bits per heavy atom. The topological polar surface area (TPSA) is 137 Å². The van der Waals surface area contributed by atoms with Gasteiger partial charge in [0.25, 0.3) is 5.91 Å². The number of methoxy groups -OCH3 is 1. The Balaban J connectivity index is 2.50. The summed E-state index contributed by atoms with van der Waals surface area (Å²) in [4.78, 5) is 38.5. The monoisotopic (exact) mass is 537 g/mol. The van der Waals surface area contributed by atoms with Gasteiger partial charge in [-0.3, -0.25) is 10.1 Å². The molecule has 1 saturated heterocycles. The maximum Gasteiger partial charge on any atom is 0.411 e. The third-order valence-corrected chi connectivity index (χ3v) is 5.36. The molecule has 1 unspecified atom stereocenters. The highest BCUT2D eigenvalue weighted by molar-refractivity contribution is 6.67. The fourth-order valence-corrected chi connectivity index (χ4v) is 3.78. The molecule has 1 aliphatic heterocycles. The van der Waals surface area contributed by atoms with E-state index in [2.05, 4.69) is 11.9 Å². The number of hydrogen-bond acceptors (Lipinski definition) is 8. The lowest BCUT2D eigenvalue weighted by Gasteiger charge is -2.27. The molecule has 0 saturated carbocycles. The molecule has 10 nitrogen and oxygen atoms in total. The van der Waals surface area contributed by atoms with Crippen molar-refractivity contribution in [2.24, 2.45) is 0 Å². The average Bonchev–Trinajstić information content (AvgIpc) is 3.25. The molecule has 34 heavy (non-hydrogen) atoms. The summed E-state index contributed by atoms with van der Waals surface area (Å²) < 4.78 is 13.7. The van der Waals surface area contributed by atoms with E-state index in [9.17, 15) is 24.6 Å². The van der Waals surface area contributed by atoms with Gasteiger partial charge in [-0.25, -0.2) is 4.79 Å². The van der Waals surface area contributed by atoms with Gasteiger partial charge in [-0.15, -0.1) is 0 Å². The van der Waals surface area contributed by atoms with Crippen molar-refractivity contribution in [1.29, 1.82) is 0 Å². The van der Waals surface area contributed by atoms with Gasteiger partial charge >= 0.3 is 6.09 Å². The van der Waals surface area contributed by atoms with E-state index < -0.39 is 34.3 Å². The lowest BCUT2D eigenvalue weighted by Crippen LogP contribution is -2.42. The molecule has 0 aliphatic carbocycles. The van der Waals surface area contributed by atoms with E-state index in [1.54, 1.807) is 0 Å². The number of benzene rings is 1. The van der Waals surface area contributed by atoms with Gasteiger partial charge in [-0.1, -0.05) is 47.5 Å². The number of alkyl halides is 3. The first-order chi connectivity index (χ1) is 16.0. The number of anilines is 1. The Hall–Kier alpha value is -2.40. The molecule has 1 heterocycles. The number of aliphatic hydroxyl groups excluding tert-OH is 1. The van der Waals surface area contributed by atoms with E-state index in [4.69, 9.17) is 49.0 Å². The summed E-state index contributed by atoms with van der Waals surface area (Å²) in [6.45, 7) is 3.54. The SMILES string of the molecule is C=CCOC(=O)Nc1cc(OC(CC(Cl)(Cl)Cl)C(=O)[O-])c(OC)cc1C(=O)N1CCC[C@H]1CO. The van der Waals surface area contributed by atoms with Gasteiger partial charge in [0.05, 0.1) is 37.0 Å². The van der Waals surface area contributed by atoms with Crippen LogP contribution in [-0.4, -0.2) is 70.8 Å². The second-order valence-electron chi connectivity index (χ2n) is 7.28. The number of halogens is 3. The molecule has 2 rings (SSSR count). The van der Waals surface area contributed by atoms with Gasteiger partial charge in [0.1, 0.15) is 12.7 Å². The normalized spacial score (nSPS) is 16.5. The Morgan fingerprint density at radius 3 is 2.62 bits per heavy atom. The number of nitrogens with one attached hydrogen (secondary N) is 1. The molecule has 0 radical (unpaired) electrons. The molecule has 2 N–H and O–H groups in total. The molecule has 0 aromatic heterocycles. The number of rotatable bonds is 10. The number of aliphatic hydroxyl groups is 1. The molecule has 0 spiro atoms. The fourth-order valence-electron chi connectivity index (χ4n) is 3.36. The van der Waals surface area contributed by atoms with Gasteiger partial charge in [0.15, 0.2) is 15.3 Å². The molecule has 0 bridgehead atoms. The molecular formula is C21H24Cl3N2O8-. The second kappa shape index (κ2) is 12.3. The number of hydrogen-bond donors (Lipinski definition) is 2. The standard InChI is InChI=1S/C21H25Cl3N2O8/c1-3-7-33-20(31)25-14-9-16(34-17(19(29)30)10-21(22,23)24)15(32-2)8-13(14)18(28)26-6-4-5-12(26)11-27/h3,8-9,12,17,27H,1,4-7,10-11H2,2H3,(H,25,31)(H,29,30)/p-1/t12-,17?/m0/s1. The molecule has 1 fully saturated rings. The first kappa shape index (κ1) is 27.8. The van der Waals surface area contributed by atoms with Gasteiger partial charge in [0.2, 0.25) is 0 Å². The summed E-state index contributed by atoms with van der Waals surface area (Å²) in [7, 11) is 1.28. The molecule has 2 amide bonds. The lowest BCUT2D eigenvalue weighted by atomic mass is 10.1. The van der Waals surface area contributed by atoms with E-state index >= 15 is 0 Å². The van der Waals surface area contributed by atoms with Crippen LogP contribution in [0.25, 0.3) is 0 Å². The number of carboxylic acids is 1. The van der Waals surface area contributed by atoms with Crippen molar-refractivity contribution < 1.29 is 38.8 Å². The van der Waals surface area contributed by atoms with Crippen molar-refractivity contribution in [2.45, 2.75) is 35.2 Å². The van der Waals surface area contributed by atoms with Crippen LogP contribution in [0, 0.1) is 0 Å². The van der Waals surface area contributed by atoms with Crippen molar-refractivity contribution in [1.82, 2.24) is 4.90 Å². The lowest BCUT2D eigenvalue weighted by molar-refractivity contribution is -0.313. The van der Waals surface area contributed by atoms with Gasteiger partial charge < -0.3 is 34.1 Å². The maximum atomic E-state index is 13.3. The molecule has 13 heteroatoms. The number of likely N-dealkylation sites (tertiary alicyclic amines) is 1. The number of aliphatic carboxylic acids is 1. The molecule has 188 valence electrons. The zero-order chi connectivity index (χ0) is 25.5. The highest BCUT2D eigenvalue weighted by Gasteiger charge is 2.33. The Morgan fingerprint density at radius 2 is 2.06 bits per heavy atom. The third-order valence-electron chi connectivity index (χ3n) is 4.90. The van der Waals surface area contributed by atoms with E-state index in [0.29, 0.717) is 19.4 Å². The minimum atomic E-state index is -1.96. The molecule has 1 aromatic rings. The van der Waals surface area contributed by atoms with Crippen molar-refractivity contribution in [3.05, 3.63) is 30.4 Å². The Bertz CT molecular complexity index is 922. The van der Waals surface area contributed by atoms with E-state index in [1.807, 2.05) is 0 Å². The van der Waals surface area contributed by atoms with Gasteiger partial charge in [-0.05, 0) is 18.9 Å². The smallest absolute Gasteiger partial charge is 0.411 e. The van der Waals surface area contributed by atoms with Crippen molar-refractivity contribution in [3.63, 3.8) is 0 Å². The molecular weight excluding hydrogens is 515 g/mol. The quantitative estimate of drug-likeness (QED) is 0.342. The highest BCUT2D eigenvalue weighted by Crippen LogP contribution is 2.38. The number of carboxylic acid groups (broad SMARTS) is 1. The van der Waals surface area contributed by atoms with E-state index in [1.165, 1.54) is 30.2 Å². The summed E-state index contributed by atoms with van der Waals surface area (Å²) in [5.41, 5.74) is -0.0455. The first-order valence-electron chi connectivity index (χ1n) is 10.1. The summed E-state index contributed by atoms with van der Waals surface area (Å²) in [6, 6.07) is 2.08. The summed E-state index contributed by atoms with van der Waals surface area (Å²) in [5.74, 6) is -2.33. The number of ether oxygens (including phenoxy) is 3. The maximum absolute atomic E-state index is 13.3. The minimum absolute atomic E-state index is 0.00600. The van der Waals surface area contributed by atoms with Gasteiger partial charge in [-0.2, -0.15) is 0 Å². The summed E-state index contributed by atoms with van der Waals surface area (Å²) in [5, 5.41) is 23.6. The Labute approximate surface area is 211 Å². The average molecular weight is 539 g/mol. The number of carbonyl (C=O) groups is 3. The summed E-state index contributed by atoms with van der Waals surface area (Å²) in [6.07, 6.45) is -0.478. The zero-order valence-corrected chi connectivity index (χ0v) is 20.5. The molecule has 1 aromatic carbocycles. The van der Waals surface area contributed by atoms with Crippen LogP contribution in [-0.2, 0) is 9.53 Å². The van der Waals surface area contributed by atoms with Crippen LogP contribution in [0.5, 0.6) is 11.5 Å². The van der Waals surface area contributed by atoms with Crippen molar-refractivity contribution >= 4 is 58.5 Å². The minimum Gasteiger partial charge on any atom is -0.546 e. The van der Waals surface area contributed by atoms with Crippen LogP contribution in [0.15, 0.2) is 24.8 Å². The van der Waals surface area contributed by atoms with Crippen LogP contribution >= 0.6 is 34.8 Å². The largest absolute Gasteiger partial charge is 0.546 e. The number of nitrogens with zero attached hydrogens (tertiary/aromatic N) is 1. The van der Waals surface area contributed by atoms with Crippen LogP contribution < -0.4 is 19.9 Å². The highest BCUT2D eigenvalue weighted by atomic mass is 35.6. The van der Waals surface area contributed by atoms with Crippen LogP contribution in [0.3, 0.4) is 0 Å². The molecule has 1 aliphatic rings. The van der Waals surface area contributed by atoms with Gasteiger partial charge in [0, 0.05) is 19.0 Å². The van der Waals surface area contributed by atoms with Crippen LogP contribution in [0.1, 0.15) is 29.6 Å². The van der Waals surface area contributed by atoms with Crippen molar-refractivity contribution in [2.75, 3.05) is 32.2 Å². The predicted molar refractivity (Wildman–Crippen MR) is 124 cm³/mol. The fraction of sp³-hybridized carbons (Fsp3) is 0.476. The second-order valence-corrected chi connectivity index (χ2v) is 9.80. The predicted octanol–water partition coefficient (Wildman–Crippen LogP) is 2.28. The Kier molecular flexibility index (Phi) is 10.1. The number of carbonyl (C=O) groups excluding carboxylic acids is 3. The molecule has 2 atom stereocenters. The first-order valence-corrected chi connectivity index (χ1v) is 11.3. The van der Waals surface area contributed by atoms with Crippen LogP contribution in [0.4, 0.5) is 10.5 Å². The van der Waals surface area contributed by atoms with E-state index in [0.717, 1.165) is 0 Å². The van der Waals surface area contributed by atoms with Crippen LogP contribution in [0.2, 0.25) is 0 Å². The van der Waals surface area contributed by atoms with Crippen molar-refractivity contribution in [3.8, 4) is 11.5 Å². The summed E-state index contributed by atoms with van der Waals surface area (Å²) >= 11 is 17.1. The zero-order valence-electron chi connectivity index (χ0n) is 18.2. The number of amides is 2. The van der Waals surface area contributed by atoms with E-state index in [-0.39, 0.29) is 42.0 Å². The third kappa shape index (κ3) is 7.56.